The summed E-state index contributed by atoms with van der Waals surface area (Å²) in [6.45, 7) is 4.27. The van der Waals surface area contributed by atoms with Crippen molar-refractivity contribution in [2.24, 2.45) is 0 Å². The highest BCUT2D eigenvalue weighted by molar-refractivity contribution is 6.35. The van der Waals surface area contributed by atoms with Crippen LogP contribution in [-0.2, 0) is 19.6 Å². The standard InChI is InChI=1S/C24H24Cl3NO2.ClH/c1-2-29-23-13-18(15-28-11-10-17-6-4-3-5-7-17)12-22(27)24(23)30-16-19-8-9-20(25)14-21(19)26;/h3-9,12-14,28H,2,10-11,15-16H2,1H3;1H. The van der Waals surface area contributed by atoms with Gasteiger partial charge in [-0.25, -0.2) is 0 Å². The molecule has 0 aliphatic carbocycles. The van der Waals surface area contributed by atoms with Crippen molar-refractivity contribution in [2.75, 3.05) is 13.2 Å². The van der Waals surface area contributed by atoms with E-state index < -0.39 is 0 Å². The first kappa shape index (κ1) is 25.6. The van der Waals surface area contributed by atoms with Gasteiger partial charge in [-0.15, -0.1) is 12.4 Å². The molecule has 0 spiro atoms. The second-order valence-corrected chi connectivity index (χ2v) is 8.03. The Labute approximate surface area is 205 Å². The SMILES string of the molecule is CCOc1cc(CNCCc2ccccc2)cc(Cl)c1OCc1ccc(Cl)cc1Cl.Cl. The number of nitrogens with one attached hydrogen (secondary N) is 1. The molecule has 0 atom stereocenters. The zero-order valence-electron chi connectivity index (χ0n) is 17.2. The molecule has 0 radical (unpaired) electrons. The molecule has 0 saturated heterocycles. The molecule has 0 saturated carbocycles. The number of hydrogen-bond donors (Lipinski definition) is 1. The van der Waals surface area contributed by atoms with E-state index in [2.05, 4.69) is 29.6 Å². The van der Waals surface area contributed by atoms with Crippen molar-refractivity contribution >= 4 is 47.2 Å². The number of halogens is 4. The topological polar surface area (TPSA) is 30.5 Å². The van der Waals surface area contributed by atoms with Gasteiger partial charge in [0.25, 0.3) is 0 Å². The van der Waals surface area contributed by atoms with Crippen LogP contribution in [0.25, 0.3) is 0 Å². The van der Waals surface area contributed by atoms with Crippen molar-refractivity contribution in [3.8, 4) is 11.5 Å². The normalized spacial score (nSPS) is 10.5. The molecule has 7 heteroatoms. The first-order valence-corrected chi connectivity index (χ1v) is 11.0. The van der Waals surface area contributed by atoms with E-state index in [9.17, 15) is 0 Å². The van der Waals surface area contributed by atoms with Gasteiger partial charge in [-0.3, -0.25) is 0 Å². The summed E-state index contributed by atoms with van der Waals surface area (Å²) >= 11 is 18.7. The summed E-state index contributed by atoms with van der Waals surface area (Å²) in [6.07, 6.45) is 0.968. The van der Waals surface area contributed by atoms with Crippen LogP contribution in [0.1, 0.15) is 23.6 Å². The Balaban J connectivity index is 0.00000341. The van der Waals surface area contributed by atoms with Crippen molar-refractivity contribution in [3.63, 3.8) is 0 Å². The molecule has 0 amide bonds. The maximum absolute atomic E-state index is 6.52. The van der Waals surface area contributed by atoms with E-state index in [1.807, 2.05) is 31.2 Å². The molecule has 1 N–H and O–H groups in total. The maximum atomic E-state index is 6.52. The van der Waals surface area contributed by atoms with Crippen LogP contribution in [0.2, 0.25) is 15.1 Å². The lowest BCUT2D eigenvalue weighted by atomic mass is 10.1. The van der Waals surface area contributed by atoms with E-state index in [4.69, 9.17) is 44.3 Å². The van der Waals surface area contributed by atoms with Gasteiger partial charge in [0.1, 0.15) is 6.61 Å². The smallest absolute Gasteiger partial charge is 0.180 e. The molecule has 0 aliphatic rings. The third-order valence-corrected chi connectivity index (χ3v) is 5.39. The molecule has 0 aromatic heterocycles. The maximum Gasteiger partial charge on any atom is 0.180 e. The third-order valence-electron chi connectivity index (χ3n) is 4.52. The van der Waals surface area contributed by atoms with Gasteiger partial charge in [-0.05, 0) is 55.3 Å². The molecule has 0 aliphatic heterocycles. The summed E-state index contributed by atoms with van der Waals surface area (Å²) in [5.74, 6) is 1.13. The molecule has 31 heavy (non-hydrogen) atoms. The molecule has 166 valence electrons. The second kappa shape index (κ2) is 13.0. The predicted octanol–water partition coefficient (Wildman–Crippen LogP) is 7.38. The summed E-state index contributed by atoms with van der Waals surface area (Å²) in [7, 11) is 0. The van der Waals surface area contributed by atoms with Crippen LogP contribution >= 0.6 is 47.2 Å². The fourth-order valence-electron chi connectivity index (χ4n) is 3.03. The van der Waals surface area contributed by atoms with Gasteiger partial charge in [0.2, 0.25) is 0 Å². The molecular formula is C24H25Cl4NO2. The van der Waals surface area contributed by atoms with Crippen molar-refractivity contribution in [3.05, 3.63) is 92.4 Å². The van der Waals surface area contributed by atoms with Gasteiger partial charge in [0, 0.05) is 22.2 Å². The quantitative estimate of drug-likeness (QED) is 0.294. The first-order chi connectivity index (χ1) is 14.6. The van der Waals surface area contributed by atoms with E-state index in [-0.39, 0.29) is 19.0 Å². The highest BCUT2D eigenvalue weighted by Gasteiger charge is 2.14. The summed E-state index contributed by atoms with van der Waals surface area (Å²) < 4.78 is 11.7. The van der Waals surface area contributed by atoms with Gasteiger partial charge in [0.05, 0.1) is 11.6 Å². The van der Waals surface area contributed by atoms with E-state index in [1.165, 1.54) is 5.56 Å². The zero-order chi connectivity index (χ0) is 21.3. The number of hydrogen-bond acceptors (Lipinski definition) is 3. The van der Waals surface area contributed by atoms with E-state index >= 15 is 0 Å². The fourth-order valence-corrected chi connectivity index (χ4v) is 3.78. The Bertz CT molecular complexity index is 967. The van der Waals surface area contributed by atoms with Crippen molar-refractivity contribution in [1.82, 2.24) is 5.32 Å². The molecule has 0 unspecified atom stereocenters. The second-order valence-electron chi connectivity index (χ2n) is 6.77. The lowest BCUT2D eigenvalue weighted by molar-refractivity contribution is 0.269. The minimum absolute atomic E-state index is 0. The van der Waals surface area contributed by atoms with Crippen molar-refractivity contribution in [1.29, 1.82) is 0 Å². The molecule has 3 rings (SSSR count). The minimum Gasteiger partial charge on any atom is -0.490 e. The summed E-state index contributed by atoms with van der Waals surface area (Å²) in [5, 5.41) is 5.09. The third kappa shape index (κ3) is 7.78. The lowest BCUT2D eigenvalue weighted by Gasteiger charge is -2.16. The molecule has 3 aromatic rings. The Hall–Kier alpha value is -1.62. The Morgan fingerprint density at radius 3 is 2.32 bits per heavy atom. The number of rotatable bonds is 10. The van der Waals surface area contributed by atoms with Crippen molar-refractivity contribution < 1.29 is 9.47 Å². The highest BCUT2D eigenvalue weighted by atomic mass is 35.5. The predicted molar refractivity (Wildman–Crippen MR) is 133 cm³/mol. The summed E-state index contributed by atoms with van der Waals surface area (Å²) in [6, 6.07) is 19.6. The molecule has 3 aromatic carbocycles. The fraction of sp³-hybridized carbons (Fsp3) is 0.250. The van der Waals surface area contributed by atoms with E-state index in [1.54, 1.807) is 12.1 Å². The largest absolute Gasteiger partial charge is 0.490 e. The van der Waals surface area contributed by atoms with Crippen LogP contribution < -0.4 is 14.8 Å². The average molecular weight is 501 g/mol. The van der Waals surface area contributed by atoms with E-state index in [0.29, 0.717) is 39.7 Å². The number of ether oxygens (including phenoxy) is 2. The Morgan fingerprint density at radius 1 is 0.839 bits per heavy atom. The van der Waals surface area contributed by atoms with E-state index in [0.717, 1.165) is 24.1 Å². The van der Waals surface area contributed by atoms with Gasteiger partial charge in [-0.2, -0.15) is 0 Å². The van der Waals surface area contributed by atoms with Crippen LogP contribution in [0, 0.1) is 0 Å². The van der Waals surface area contributed by atoms with Crippen LogP contribution in [0.4, 0.5) is 0 Å². The Morgan fingerprint density at radius 2 is 1.61 bits per heavy atom. The van der Waals surface area contributed by atoms with Gasteiger partial charge in [-0.1, -0.05) is 71.2 Å². The molecule has 0 fully saturated rings. The average Bonchev–Trinajstić information content (AvgIpc) is 2.73. The molecule has 0 bridgehead atoms. The van der Waals surface area contributed by atoms with Crippen LogP contribution in [-0.4, -0.2) is 13.2 Å². The Kier molecular flexibility index (Phi) is 10.8. The molecule has 3 nitrogen and oxygen atoms in total. The van der Waals surface area contributed by atoms with Gasteiger partial charge >= 0.3 is 0 Å². The lowest BCUT2D eigenvalue weighted by Crippen LogP contribution is -2.16. The molecular weight excluding hydrogens is 476 g/mol. The number of benzene rings is 3. The minimum atomic E-state index is 0. The van der Waals surface area contributed by atoms with Crippen LogP contribution in [0.5, 0.6) is 11.5 Å². The molecule has 0 heterocycles. The monoisotopic (exact) mass is 499 g/mol. The summed E-state index contributed by atoms with van der Waals surface area (Å²) in [5.41, 5.74) is 3.17. The highest BCUT2D eigenvalue weighted by Crippen LogP contribution is 2.37. The van der Waals surface area contributed by atoms with Crippen molar-refractivity contribution in [2.45, 2.75) is 26.5 Å². The van der Waals surface area contributed by atoms with Crippen LogP contribution in [0.15, 0.2) is 60.7 Å². The van der Waals surface area contributed by atoms with Gasteiger partial charge < -0.3 is 14.8 Å². The zero-order valence-corrected chi connectivity index (χ0v) is 20.3. The van der Waals surface area contributed by atoms with Gasteiger partial charge in [0.15, 0.2) is 11.5 Å². The first-order valence-electron chi connectivity index (χ1n) is 9.83. The summed E-state index contributed by atoms with van der Waals surface area (Å²) in [4.78, 5) is 0. The van der Waals surface area contributed by atoms with Crippen LogP contribution in [0.3, 0.4) is 0 Å².